The van der Waals surface area contributed by atoms with E-state index in [1.165, 1.54) is 0 Å². The van der Waals surface area contributed by atoms with E-state index in [0.29, 0.717) is 17.8 Å². The predicted octanol–water partition coefficient (Wildman–Crippen LogP) is 4.42. The van der Waals surface area contributed by atoms with Crippen molar-refractivity contribution in [3.05, 3.63) is 60.2 Å². The molecule has 35 heavy (non-hydrogen) atoms. The second kappa shape index (κ2) is 10.4. The number of fused-ring (bicyclic) bond motifs is 1. The number of carboxylic acid groups (broad SMARTS) is 1. The molecule has 0 amide bonds. The van der Waals surface area contributed by atoms with E-state index in [1.54, 1.807) is 6.20 Å². The van der Waals surface area contributed by atoms with Crippen molar-refractivity contribution in [2.24, 2.45) is 11.8 Å². The highest BCUT2D eigenvalue weighted by atomic mass is 16.3. The molecular weight excluding hydrogens is 444 g/mol. The molecule has 1 fully saturated rings. The molecular formula is C25H30N8O2. The second-order valence-corrected chi connectivity index (χ2v) is 8.93. The number of aromatic nitrogens is 5. The maximum Gasteiger partial charge on any atom is 0.290 e. The van der Waals surface area contributed by atoms with Crippen molar-refractivity contribution in [1.29, 1.82) is 0 Å². The third-order valence-corrected chi connectivity index (χ3v) is 6.03. The highest BCUT2D eigenvalue weighted by Gasteiger charge is 2.27. The number of anilines is 5. The van der Waals surface area contributed by atoms with Gasteiger partial charge in [0.2, 0.25) is 5.95 Å². The SMILES string of the molecule is Cc1cc(C)nc(Nc2nc(Nc3ccn4ccnc4c3)cc(N3CC(C)C(C)C3)n2)c1.O=CO. The number of imidazole rings is 1. The highest BCUT2D eigenvalue weighted by molar-refractivity contribution is 5.66. The molecule has 1 aliphatic rings. The van der Waals surface area contributed by atoms with Crippen molar-refractivity contribution in [2.75, 3.05) is 28.6 Å². The number of hydrogen-bond donors (Lipinski definition) is 3. The van der Waals surface area contributed by atoms with Gasteiger partial charge in [-0.15, -0.1) is 0 Å². The molecule has 10 nitrogen and oxygen atoms in total. The van der Waals surface area contributed by atoms with Crippen molar-refractivity contribution >= 4 is 41.2 Å². The van der Waals surface area contributed by atoms with Crippen LogP contribution >= 0.6 is 0 Å². The van der Waals surface area contributed by atoms with Gasteiger partial charge in [-0.1, -0.05) is 13.8 Å². The van der Waals surface area contributed by atoms with Crippen LogP contribution in [0.5, 0.6) is 0 Å². The Morgan fingerprint density at radius 2 is 1.69 bits per heavy atom. The molecule has 5 heterocycles. The van der Waals surface area contributed by atoms with Crippen molar-refractivity contribution in [3.63, 3.8) is 0 Å². The van der Waals surface area contributed by atoms with E-state index in [2.05, 4.69) is 46.3 Å². The molecule has 0 spiro atoms. The van der Waals surface area contributed by atoms with Gasteiger partial charge in [-0.25, -0.2) is 9.97 Å². The fourth-order valence-corrected chi connectivity index (χ4v) is 4.19. The van der Waals surface area contributed by atoms with Crippen LogP contribution in [-0.2, 0) is 4.79 Å². The van der Waals surface area contributed by atoms with E-state index in [4.69, 9.17) is 19.9 Å². The van der Waals surface area contributed by atoms with E-state index < -0.39 is 0 Å². The molecule has 2 atom stereocenters. The summed E-state index contributed by atoms with van der Waals surface area (Å²) in [5.41, 5.74) is 3.90. The molecule has 2 unspecified atom stereocenters. The van der Waals surface area contributed by atoms with Crippen LogP contribution in [-0.4, -0.2) is 49.0 Å². The Morgan fingerprint density at radius 3 is 2.40 bits per heavy atom. The first-order valence-electron chi connectivity index (χ1n) is 11.5. The van der Waals surface area contributed by atoms with E-state index in [-0.39, 0.29) is 6.47 Å². The van der Waals surface area contributed by atoms with Crippen molar-refractivity contribution in [1.82, 2.24) is 24.3 Å². The zero-order valence-corrected chi connectivity index (χ0v) is 20.3. The molecule has 0 aliphatic carbocycles. The Kier molecular flexibility index (Phi) is 7.09. The molecule has 182 valence electrons. The van der Waals surface area contributed by atoms with E-state index >= 15 is 0 Å². The van der Waals surface area contributed by atoms with Crippen LogP contribution in [0, 0.1) is 25.7 Å². The highest BCUT2D eigenvalue weighted by Crippen LogP contribution is 2.30. The van der Waals surface area contributed by atoms with Gasteiger partial charge >= 0.3 is 0 Å². The van der Waals surface area contributed by atoms with Crippen LogP contribution in [0.3, 0.4) is 0 Å². The summed E-state index contributed by atoms with van der Waals surface area (Å²) in [6, 6.07) is 10.1. The lowest BCUT2D eigenvalue weighted by molar-refractivity contribution is -0.122. The third-order valence-electron chi connectivity index (χ3n) is 6.03. The molecule has 1 aliphatic heterocycles. The third kappa shape index (κ3) is 5.84. The van der Waals surface area contributed by atoms with Gasteiger partial charge in [0.15, 0.2) is 0 Å². The average molecular weight is 475 g/mol. The van der Waals surface area contributed by atoms with Gasteiger partial charge < -0.3 is 25.0 Å². The van der Waals surface area contributed by atoms with Gasteiger partial charge in [0, 0.05) is 55.2 Å². The largest absolute Gasteiger partial charge is 0.483 e. The molecule has 3 N–H and O–H groups in total. The number of nitrogens with zero attached hydrogens (tertiary/aromatic N) is 6. The molecule has 0 bridgehead atoms. The first-order chi connectivity index (χ1) is 16.8. The molecule has 4 aromatic heterocycles. The zero-order valence-electron chi connectivity index (χ0n) is 20.3. The van der Waals surface area contributed by atoms with Crippen LogP contribution in [0.25, 0.3) is 5.65 Å². The first kappa shape index (κ1) is 23.9. The molecule has 4 aromatic rings. The average Bonchev–Trinajstić information content (AvgIpc) is 3.39. The standard InChI is InChI=1S/C24H28N8.CH2O2/c1-15-9-18(4)26-20(10-15)28-24-29-21(12-23(30-24)32-13-16(2)17(3)14-32)27-19-5-7-31-8-6-25-22(31)11-19;2-1-3/h5-12,16-17H,13-14H2,1-4H3,(H2,26,27,28,29,30);1H,(H,2,3). The maximum absolute atomic E-state index is 8.36. The van der Waals surface area contributed by atoms with Crippen LogP contribution in [0.1, 0.15) is 25.1 Å². The first-order valence-corrected chi connectivity index (χ1v) is 11.5. The summed E-state index contributed by atoms with van der Waals surface area (Å²) in [7, 11) is 0. The van der Waals surface area contributed by atoms with E-state index in [1.807, 2.05) is 54.0 Å². The van der Waals surface area contributed by atoms with Gasteiger partial charge in [0.25, 0.3) is 6.47 Å². The summed E-state index contributed by atoms with van der Waals surface area (Å²) in [5, 5.41) is 13.6. The van der Waals surface area contributed by atoms with E-state index in [9.17, 15) is 0 Å². The minimum atomic E-state index is -0.250. The summed E-state index contributed by atoms with van der Waals surface area (Å²) < 4.78 is 1.97. The van der Waals surface area contributed by atoms with Crippen molar-refractivity contribution < 1.29 is 9.90 Å². The van der Waals surface area contributed by atoms with Crippen molar-refractivity contribution in [2.45, 2.75) is 27.7 Å². The number of hydrogen-bond acceptors (Lipinski definition) is 8. The topological polar surface area (TPSA) is 121 Å². The monoisotopic (exact) mass is 474 g/mol. The zero-order chi connectivity index (χ0) is 24.9. The molecule has 1 saturated heterocycles. The molecule has 0 radical (unpaired) electrons. The lowest BCUT2D eigenvalue weighted by Gasteiger charge is -2.19. The minimum absolute atomic E-state index is 0.250. The number of aryl methyl sites for hydroxylation is 2. The van der Waals surface area contributed by atoms with Gasteiger partial charge in [-0.3, -0.25) is 4.79 Å². The lowest BCUT2D eigenvalue weighted by Crippen LogP contribution is -2.21. The Balaban J connectivity index is 0.000000917. The number of rotatable bonds is 5. The maximum atomic E-state index is 8.36. The van der Waals surface area contributed by atoms with Crippen LogP contribution in [0.4, 0.5) is 29.1 Å². The van der Waals surface area contributed by atoms with Gasteiger partial charge in [-0.2, -0.15) is 9.97 Å². The normalized spacial score (nSPS) is 17.1. The second-order valence-electron chi connectivity index (χ2n) is 8.93. The fraction of sp³-hybridized carbons (Fsp3) is 0.320. The van der Waals surface area contributed by atoms with Gasteiger partial charge in [0.1, 0.15) is 23.1 Å². The molecule has 5 rings (SSSR count). The minimum Gasteiger partial charge on any atom is -0.483 e. The van der Waals surface area contributed by atoms with Crippen LogP contribution < -0.4 is 15.5 Å². The quantitative estimate of drug-likeness (QED) is 0.361. The van der Waals surface area contributed by atoms with Crippen LogP contribution in [0.15, 0.2) is 48.9 Å². The summed E-state index contributed by atoms with van der Waals surface area (Å²) in [4.78, 5) is 29.2. The van der Waals surface area contributed by atoms with Gasteiger partial charge in [0.05, 0.1) is 0 Å². The Bertz CT molecular complexity index is 1290. The molecule has 0 aromatic carbocycles. The summed E-state index contributed by atoms with van der Waals surface area (Å²) in [5.74, 6) is 4.16. The van der Waals surface area contributed by atoms with E-state index in [0.717, 1.165) is 53.1 Å². The lowest BCUT2D eigenvalue weighted by atomic mass is 10.0. The Morgan fingerprint density at radius 1 is 0.971 bits per heavy atom. The number of nitrogens with one attached hydrogen (secondary N) is 2. The molecule has 0 saturated carbocycles. The predicted molar refractivity (Wildman–Crippen MR) is 137 cm³/mol. The Labute approximate surface area is 204 Å². The molecule has 10 heteroatoms. The fourth-order valence-electron chi connectivity index (χ4n) is 4.19. The summed E-state index contributed by atoms with van der Waals surface area (Å²) in [6.07, 6.45) is 5.70. The summed E-state index contributed by atoms with van der Waals surface area (Å²) in [6.45, 7) is 10.4. The summed E-state index contributed by atoms with van der Waals surface area (Å²) >= 11 is 0. The van der Waals surface area contributed by atoms with Crippen molar-refractivity contribution in [3.8, 4) is 0 Å². The smallest absolute Gasteiger partial charge is 0.290 e. The number of carbonyl (C=O) groups is 1. The van der Waals surface area contributed by atoms with Crippen LogP contribution in [0.2, 0.25) is 0 Å². The number of pyridine rings is 2. The Hall–Kier alpha value is -4.21. The van der Waals surface area contributed by atoms with Gasteiger partial charge in [-0.05, 0) is 49.4 Å².